The second-order valence-corrected chi connectivity index (χ2v) is 6.64. The molecule has 0 heterocycles. The zero-order valence-corrected chi connectivity index (χ0v) is 16.9. The molecule has 0 N–H and O–H groups in total. The van der Waals surface area contributed by atoms with Gasteiger partial charge in [-0.3, -0.25) is 0 Å². The van der Waals surface area contributed by atoms with E-state index in [0.717, 1.165) is 0 Å². The summed E-state index contributed by atoms with van der Waals surface area (Å²) in [6.07, 6.45) is 14.5. The molecule has 3 rings (SSSR count). The summed E-state index contributed by atoms with van der Waals surface area (Å²) in [5.41, 5.74) is 1.32. The Morgan fingerprint density at radius 2 is 0.800 bits per heavy atom. The monoisotopic (exact) mass is 340 g/mol. The van der Waals surface area contributed by atoms with Crippen molar-refractivity contribution in [2.45, 2.75) is 85.0 Å². The lowest BCUT2D eigenvalue weighted by atomic mass is 10.0. The molecular weight excluding hydrogens is 300 g/mol. The number of hydrogen-bond donors (Lipinski definition) is 0. The summed E-state index contributed by atoms with van der Waals surface area (Å²) in [4.78, 5) is 0. The summed E-state index contributed by atoms with van der Waals surface area (Å²) >= 11 is 0. The maximum absolute atomic E-state index is 2.23. The average molecular weight is 341 g/mol. The van der Waals surface area contributed by atoms with Crippen LogP contribution in [0.5, 0.6) is 0 Å². The van der Waals surface area contributed by atoms with Crippen molar-refractivity contribution in [2.75, 3.05) is 0 Å². The number of unbranched alkanes of at least 4 members (excludes halogenated alkanes) is 3. The second kappa shape index (κ2) is 20.5. The lowest BCUT2D eigenvalue weighted by molar-refractivity contribution is 0.504. The quantitative estimate of drug-likeness (QED) is 0.490. The van der Waals surface area contributed by atoms with Gasteiger partial charge in [0.05, 0.1) is 0 Å². The van der Waals surface area contributed by atoms with Crippen molar-refractivity contribution in [1.82, 2.24) is 0 Å². The molecule has 0 bridgehead atoms. The van der Waals surface area contributed by atoms with Crippen molar-refractivity contribution in [3.63, 3.8) is 0 Å². The fourth-order valence-electron chi connectivity index (χ4n) is 2.48. The molecule has 0 amide bonds. The minimum Gasteiger partial charge on any atom is -0.0654 e. The average Bonchev–Trinajstić information content (AvgIpc) is 2.71. The number of benzene rings is 2. The van der Waals surface area contributed by atoms with E-state index in [0.29, 0.717) is 0 Å². The molecule has 1 saturated carbocycles. The van der Waals surface area contributed by atoms with Crippen LogP contribution in [0, 0.1) is 6.92 Å². The summed E-state index contributed by atoms with van der Waals surface area (Å²) in [5, 5.41) is 0. The summed E-state index contributed by atoms with van der Waals surface area (Å²) in [7, 11) is 0. The molecule has 1 fully saturated rings. The van der Waals surface area contributed by atoms with Gasteiger partial charge in [-0.25, -0.2) is 0 Å². The molecule has 0 unspecified atom stereocenters. The highest BCUT2D eigenvalue weighted by Gasteiger charge is 1.95. The van der Waals surface area contributed by atoms with Crippen LogP contribution in [0.15, 0.2) is 66.7 Å². The van der Waals surface area contributed by atoms with E-state index in [1.807, 2.05) is 54.6 Å². The number of rotatable bonds is 3. The van der Waals surface area contributed by atoms with Crippen LogP contribution in [-0.4, -0.2) is 0 Å². The Morgan fingerprint density at radius 3 is 1.00 bits per heavy atom. The Balaban J connectivity index is 0.000000308. The molecule has 0 heteroatoms. The fourth-order valence-corrected chi connectivity index (χ4v) is 2.48. The van der Waals surface area contributed by atoms with Crippen LogP contribution in [0.1, 0.15) is 83.6 Å². The van der Waals surface area contributed by atoms with Crippen LogP contribution in [0.3, 0.4) is 0 Å². The van der Waals surface area contributed by atoms with Gasteiger partial charge in [-0.05, 0) is 6.92 Å². The van der Waals surface area contributed by atoms with Crippen molar-refractivity contribution < 1.29 is 0 Å². The van der Waals surface area contributed by atoms with Crippen LogP contribution in [-0.2, 0) is 0 Å². The Kier molecular flexibility index (Phi) is 19.2. The van der Waals surface area contributed by atoms with Gasteiger partial charge in [0.1, 0.15) is 0 Å². The topological polar surface area (TPSA) is 0 Å². The van der Waals surface area contributed by atoms with Crippen molar-refractivity contribution in [3.8, 4) is 0 Å². The molecule has 0 radical (unpaired) electrons. The summed E-state index contributed by atoms with van der Waals surface area (Å²) in [5.74, 6) is 0. The zero-order valence-electron chi connectivity index (χ0n) is 16.9. The summed E-state index contributed by atoms with van der Waals surface area (Å²) in [6.45, 7) is 6.55. The minimum absolute atomic E-state index is 1.32. The normalized spacial score (nSPS) is 12.3. The molecule has 140 valence electrons. The van der Waals surface area contributed by atoms with E-state index in [1.54, 1.807) is 0 Å². The van der Waals surface area contributed by atoms with E-state index in [-0.39, 0.29) is 0 Å². The molecule has 0 aromatic heterocycles. The van der Waals surface area contributed by atoms with E-state index in [4.69, 9.17) is 0 Å². The Morgan fingerprint density at radius 1 is 0.520 bits per heavy atom. The smallest absolute Gasteiger partial charge is 0.0398 e. The Labute approximate surface area is 157 Å². The van der Waals surface area contributed by atoms with Gasteiger partial charge in [-0.2, -0.15) is 0 Å². The standard InChI is InChI=1S/C7H8.C6H12.C6H6.C6H14/c1-7-5-3-2-4-6-7;2*1-2-4-6-5-3-1;1-3-5-6-4-2/h2-6H,1H3;1-6H2;1-6H;3-6H2,1-2H3. The van der Waals surface area contributed by atoms with Crippen LogP contribution < -0.4 is 0 Å². The second-order valence-electron chi connectivity index (χ2n) is 6.64. The molecule has 2 aromatic rings. The van der Waals surface area contributed by atoms with E-state index >= 15 is 0 Å². The van der Waals surface area contributed by atoms with Crippen molar-refractivity contribution in [1.29, 1.82) is 0 Å². The van der Waals surface area contributed by atoms with Gasteiger partial charge in [0, 0.05) is 0 Å². The Hall–Kier alpha value is -1.56. The van der Waals surface area contributed by atoms with Gasteiger partial charge in [0.25, 0.3) is 0 Å². The molecule has 2 aromatic carbocycles. The number of hydrogen-bond acceptors (Lipinski definition) is 0. The minimum atomic E-state index is 1.32. The Bertz CT molecular complexity index is 386. The van der Waals surface area contributed by atoms with Crippen molar-refractivity contribution in [3.05, 3.63) is 72.3 Å². The lowest BCUT2D eigenvalue weighted by Crippen LogP contribution is -1.85. The van der Waals surface area contributed by atoms with Crippen LogP contribution in [0.25, 0.3) is 0 Å². The molecule has 1 aliphatic rings. The van der Waals surface area contributed by atoms with Crippen LogP contribution in [0.2, 0.25) is 0 Å². The van der Waals surface area contributed by atoms with Gasteiger partial charge >= 0.3 is 0 Å². The first-order valence-corrected chi connectivity index (χ1v) is 10.3. The molecule has 0 spiro atoms. The van der Waals surface area contributed by atoms with Gasteiger partial charge in [0.2, 0.25) is 0 Å². The molecule has 0 atom stereocenters. The van der Waals surface area contributed by atoms with Gasteiger partial charge in [0.15, 0.2) is 0 Å². The highest BCUT2D eigenvalue weighted by molar-refractivity contribution is 5.11. The largest absolute Gasteiger partial charge is 0.0654 e. The van der Waals surface area contributed by atoms with E-state index in [2.05, 4.69) is 32.9 Å². The van der Waals surface area contributed by atoms with E-state index < -0.39 is 0 Å². The molecular formula is C25H40. The van der Waals surface area contributed by atoms with Crippen molar-refractivity contribution >= 4 is 0 Å². The van der Waals surface area contributed by atoms with Crippen molar-refractivity contribution in [2.24, 2.45) is 0 Å². The molecule has 0 nitrogen and oxygen atoms in total. The zero-order chi connectivity index (χ0) is 18.4. The first-order valence-electron chi connectivity index (χ1n) is 10.3. The summed E-state index contributed by atoms with van der Waals surface area (Å²) in [6, 6.07) is 22.3. The molecule has 0 aliphatic heterocycles. The maximum atomic E-state index is 2.23. The third-order valence-electron chi connectivity index (χ3n) is 4.06. The van der Waals surface area contributed by atoms with E-state index in [9.17, 15) is 0 Å². The maximum Gasteiger partial charge on any atom is -0.0398 e. The van der Waals surface area contributed by atoms with Gasteiger partial charge < -0.3 is 0 Å². The number of aryl methyl sites for hydroxylation is 1. The predicted octanol–water partition coefficient (Wildman–Crippen LogP) is 8.61. The summed E-state index contributed by atoms with van der Waals surface area (Å²) < 4.78 is 0. The molecule has 1 aliphatic carbocycles. The van der Waals surface area contributed by atoms with Crippen LogP contribution >= 0.6 is 0 Å². The van der Waals surface area contributed by atoms with E-state index in [1.165, 1.54) is 69.8 Å². The highest BCUT2D eigenvalue weighted by atomic mass is 14.0. The molecule has 25 heavy (non-hydrogen) atoms. The lowest BCUT2D eigenvalue weighted by Gasteiger charge is -2.05. The van der Waals surface area contributed by atoms with Crippen LogP contribution in [0.4, 0.5) is 0 Å². The van der Waals surface area contributed by atoms with Gasteiger partial charge in [-0.1, -0.05) is 150 Å². The third kappa shape index (κ3) is 20.4. The third-order valence-corrected chi connectivity index (χ3v) is 4.06. The fraction of sp³-hybridized carbons (Fsp3) is 0.520. The van der Waals surface area contributed by atoms with Gasteiger partial charge in [-0.15, -0.1) is 0 Å². The molecule has 0 saturated heterocycles. The predicted molar refractivity (Wildman–Crippen MR) is 115 cm³/mol. The first-order chi connectivity index (χ1) is 12.3. The first kappa shape index (κ1) is 23.4. The SMILES string of the molecule is C1CCCCC1.CCCCCC.Cc1ccccc1.c1ccccc1. The highest BCUT2D eigenvalue weighted by Crippen LogP contribution is 2.15.